The van der Waals surface area contributed by atoms with Crippen molar-refractivity contribution in [3.8, 4) is 0 Å². The predicted octanol–water partition coefficient (Wildman–Crippen LogP) is 4.72. The summed E-state index contributed by atoms with van der Waals surface area (Å²) in [6.45, 7) is 3.75. The Labute approximate surface area is 133 Å². The minimum absolute atomic E-state index is 0.0893. The van der Waals surface area contributed by atoms with Crippen LogP contribution in [0, 0.1) is 12.7 Å². The molecular formula is C17H17ClFNO2. The fourth-order valence-electron chi connectivity index (χ4n) is 2.29. The van der Waals surface area contributed by atoms with Crippen molar-refractivity contribution < 1.29 is 14.3 Å². The molecule has 2 rings (SSSR count). The lowest BCUT2D eigenvalue weighted by atomic mass is 10.0. The normalized spacial score (nSPS) is 10.5. The van der Waals surface area contributed by atoms with E-state index in [9.17, 15) is 9.18 Å². The van der Waals surface area contributed by atoms with Crippen LogP contribution in [0.15, 0.2) is 30.3 Å². The molecule has 2 aromatic rings. The van der Waals surface area contributed by atoms with Gasteiger partial charge in [-0.25, -0.2) is 4.39 Å². The SMILES string of the molecule is CCc1ccc(Nc2c(C)cc(F)cc2Cl)c(CC(=O)O)c1. The number of carboxylic acids is 1. The number of aryl methyl sites for hydroxylation is 2. The molecule has 2 aromatic carbocycles. The largest absolute Gasteiger partial charge is 0.481 e. The van der Waals surface area contributed by atoms with Crippen LogP contribution in [0.25, 0.3) is 0 Å². The van der Waals surface area contributed by atoms with Crippen LogP contribution in [-0.2, 0) is 17.6 Å². The Morgan fingerprint density at radius 2 is 2.05 bits per heavy atom. The van der Waals surface area contributed by atoms with Crippen molar-refractivity contribution in [2.45, 2.75) is 26.7 Å². The average Bonchev–Trinajstić information content (AvgIpc) is 2.43. The number of nitrogens with one attached hydrogen (secondary N) is 1. The number of aliphatic carboxylic acids is 1. The molecule has 0 saturated heterocycles. The molecule has 0 bridgehead atoms. The van der Waals surface area contributed by atoms with Gasteiger partial charge in [-0.2, -0.15) is 0 Å². The van der Waals surface area contributed by atoms with Crippen LogP contribution < -0.4 is 5.32 Å². The molecule has 0 amide bonds. The first kappa shape index (κ1) is 16.3. The van der Waals surface area contributed by atoms with Crippen molar-refractivity contribution in [2.24, 2.45) is 0 Å². The molecule has 0 heterocycles. The molecule has 116 valence electrons. The lowest BCUT2D eigenvalue weighted by Gasteiger charge is -2.15. The first-order valence-corrected chi connectivity index (χ1v) is 7.34. The van der Waals surface area contributed by atoms with Gasteiger partial charge in [0, 0.05) is 5.69 Å². The third-order valence-electron chi connectivity index (χ3n) is 3.43. The van der Waals surface area contributed by atoms with Gasteiger partial charge < -0.3 is 10.4 Å². The highest BCUT2D eigenvalue weighted by molar-refractivity contribution is 6.33. The molecule has 0 saturated carbocycles. The van der Waals surface area contributed by atoms with Gasteiger partial charge in [0.25, 0.3) is 0 Å². The van der Waals surface area contributed by atoms with Gasteiger partial charge in [-0.05, 0) is 48.2 Å². The van der Waals surface area contributed by atoms with Crippen LogP contribution >= 0.6 is 11.6 Å². The van der Waals surface area contributed by atoms with Gasteiger partial charge in [-0.3, -0.25) is 4.79 Å². The number of hydrogen-bond donors (Lipinski definition) is 2. The summed E-state index contributed by atoms with van der Waals surface area (Å²) in [4.78, 5) is 11.0. The van der Waals surface area contributed by atoms with Crippen molar-refractivity contribution >= 4 is 28.9 Å². The number of carbonyl (C=O) groups is 1. The second kappa shape index (κ2) is 6.79. The molecule has 0 unspecified atom stereocenters. The standard InChI is InChI=1S/C17H17ClFNO2/c1-3-11-4-5-15(12(7-11)8-16(21)22)20-17-10(2)6-13(19)9-14(17)18/h4-7,9,20H,3,8H2,1-2H3,(H,21,22). The fourth-order valence-corrected chi connectivity index (χ4v) is 2.59. The first-order valence-electron chi connectivity index (χ1n) is 6.97. The molecule has 5 heteroatoms. The number of benzene rings is 2. The summed E-state index contributed by atoms with van der Waals surface area (Å²) >= 11 is 6.08. The third kappa shape index (κ3) is 3.77. The van der Waals surface area contributed by atoms with Crippen molar-refractivity contribution in [1.29, 1.82) is 0 Å². The van der Waals surface area contributed by atoms with Gasteiger partial charge in [0.15, 0.2) is 0 Å². The van der Waals surface area contributed by atoms with Crippen LogP contribution in [-0.4, -0.2) is 11.1 Å². The predicted molar refractivity (Wildman–Crippen MR) is 86.6 cm³/mol. The van der Waals surface area contributed by atoms with E-state index in [1.807, 2.05) is 25.1 Å². The number of halogens is 2. The minimum Gasteiger partial charge on any atom is -0.481 e. The summed E-state index contributed by atoms with van der Waals surface area (Å²) in [7, 11) is 0. The summed E-state index contributed by atoms with van der Waals surface area (Å²) in [6.07, 6.45) is 0.733. The van der Waals surface area contributed by atoms with E-state index >= 15 is 0 Å². The Hall–Kier alpha value is -2.07. The second-order valence-corrected chi connectivity index (χ2v) is 5.53. The van der Waals surface area contributed by atoms with Crippen LogP contribution in [0.1, 0.15) is 23.6 Å². The number of anilines is 2. The summed E-state index contributed by atoms with van der Waals surface area (Å²) < 4.78 is 13.3. The lowest BCUT2D eigenvalue weighted by molar-refractivity contribution is -0.136. The van der Waals surface area contributed by atoms with Crippen molar-refractivity contribution in [2.75, 3.05) is 5.32 Å². The summed E-state index contributed by atoms with van der Waals surface area (Å²) in [6, 6.07) is 8.24. The fraction of sp³-hybridized carbons (Fsp3) is 0.235. The van der Waals surface area contributed by atoms with Crippen LogP contribution in [0.4, 0.5) is 15.8 Å². The molecule has 0 aliphatic heterocycles. The first-order chi connectivity index (χ1) is 10.4. The van der Waals surface area contributed by atoms with E-state index in [4.69, 9.17) is 16.7 Å². The molecule has 0 atom stereocenters. The molecule has 0 spiro atoms. The maximum absolute atomic E-state index is 13.3. The number of hydrogen-bond acceptors (Lipinski definition) is 2. The van der Waals surface area contributed by atoms with Crippen molar-refractivity contribution in [3.05, 3.63) is 57.9 Å². The van der Waals surface area contributed by atoms with Crippen LogP contribution in [0.2, 0.25) is 5.02 Å². The van der Waals surface area contributed by atoms with Gasteiger partial charge in [-0.15, -0.1) is 0 Å². The van der Waals surface area contributed by atoms with E-state index in [-0.39, 0.29) is 11.4 Å². The van der Waals surface area contributed by atoms with E-state index in [2.05, 4.69) is 5.32 Å². The Morgan fingerprint density at radius 3 is 2.64 bits per heavy atom. The topological polar surface area (TPSA) is 49.3 Å². The molecule has 0 fully saturated rings. The highest BCUT2D eigenvalue weighted by atomic mass is 35.5. The van der Waals surface area contributed by atoms with Gasteiger partial charge in [0.2, 0.25) is 0 Å². The van der Waals surface area contributed by atoms with E-state index in [0.717, 1.165) is 12.0 Å². The van der Waals surface area contributed by atoms with E-state index < -0.39 is 11.8 Å². The Morgan fingerprint density at radius 1 is 1.32 bits per heavy atom. The van der Waals surface area contributed by atoms with E-state index in [1.165, 1.54) is 12.1 Å². The van der Waals surface area contributed by atoms with Gasteiger partial charge >= 0.3 is 5.97 Å². The Bertz CT molecular complexity index is 693. The Kier molecular flexibility index (Phi) is 5.03. The lowest BCUT2D eigenvalue weighted by Crippen LogP contribution is -2.05. The molecule has 22 heavy (non-hydrogen) atoms. The molecule has 0 aromatic heterocycles. The summed E-state index contributed by atoms with van der Waals surface area (Å²) in [5, 5.41) is 12.5. The third-order valence-corrected chi connectivity index (χ3v) is 3.73. The monoisotopic (exact) mass is 321 g/mol. The van der Waals surface area contributed by atoms with Crippen LogP contribution in [0.5, 0.6) is 0 Å². The van der Waals surface area contributed by atoms with E-state index in [1.54, 1.807) is 6.92 Å². The summed E-state index contributed by atoms with van der Waals surface area (Å²) in [5.41, 5.74) is 3.64. The quantitative estimate of drug-likeness (QED) is 0.837. The zero-order valence-corrected chi connectivity index (χ0v) is 13.2. The number of carboxylic acid groups (broad SMARTS) is 1. The maximum atomic E-state index is 13.3. The smallest absolute Gasteiger partial charge is 0.307 e. The Balaban J connectivity index is 2.43. The van der Waals surface area contributed by atoms with Crippen molar-refractivity contribution in [1.82, 2.24) is 0 Å². The molecule has 3 nitrogen and oxygen atoms in total. The maximum Gasteiger partial charge on any atom is 0.307 e. The zero-order valence-electron chi connectivity index (χ0n) is 12.4. The minimum atomic E-state index is -0.904. The summed E-state index contributed by atoms with van der Waals surface area (Å²) in [5.74, 6) is -1.31. The highest BCUT2D eigenvalue weighted by Gasteiger charge is 2.12. The molecule has 0 aliphatic rings. The van der Waals surface area contributed by atoms with Crippen LogP contribution in [0.3, 0.4) is 0 Å². The molecule has 2 N–H and O–H groups in total. The average molecular weight is 322 g/mol. The molecular weight excluding hydrogens is 305 g/mol. The number of rotatable bonds is 5. The molecule has 0 aliphatic carbocycles. The second-order valence-electron chi connectivity index (χ2n) is 5.12. The van der Waals surface area contributed by atoms with Crippen molar-refractivity contribution in [3.63, 3.8) is 0 Å². The van der Waals surface area contributed by atoms with E-state index in [0.29, 0.717) is 22.5 Å². The molecule has 0 radical (unpaired) electrons. The highest BCUT2D eigenvalue weighted by Crippen LogP contribution is 2.31. The van der Waals surface area contributed by atoms with Gasteiger partial charge in [0.05, 0.1) is 17.1 Å². The van der Waals surface area contributed by atoms with Gasteiger partial charge in [-0.1, -0.05) is 30.7 Å². The zero-order chi connectivity index (χ0) is 16.3. The van der Waals surface area contributed by atoms with Gasteiger partial charge in [0.1, 0.15) is 5.82 Å².